The summed E-state index contributed by atoms with van der Waals surface area (Å²) in [7, 11) is 1.39. The van der Waals surface area contributed by atoms with Crippen LogP contribution in [0.25, 0.3) is 11.1 Å². The number of amides is 2. The third-order valence-electron chi connectivity index (χ3n) is 5.98. The highest BCUT2D eigenvalue weighted by Crippen LogP contribution is 2.44. The van der Waals surface area contributed by atoms with Crippen LogP contribution >= 0.6 is 0 Å². The van der Waals surface area contributed by atoms with E-state index in [2.05, 4.69) is 34.9 Å². The molecule has 3 N–H and O–H groups in total. The van der Waals surface area contributed by atoms with Crippen LogP contribution in [0, 0.1) is 0 Å². The van der Waals surface area contributed by atoms with Gasteiger partial charge in [0.05, 0.1) is 6.61 Å². The Kier molecular flexibility index (Phi) is 8.06. The number of aliphatic carboxylic acids is 1. The van der Waals surface area contributed by atoms with Gasteiger partial charge < -0.3 is 25.2 Å². The Morgan fingerprint density at radius 2 is 1.64 bits per heavy atom. The number of ether oxygens (including phenoxy) is 2. The number of carbonyl (C=O) groups is 3. The van der Waals surface area contributed by atoms with E-state index in [0.717, 1.165) is 22.3 Å². The summed E-state index contributed by atoms with van der Waals surface area (Å²) in [6, 6.07) is 16.2. The average molecular weight is 455 g/mol. The first-order chi connectivity index (χ1) is 15.9. The zero-order valence-electron chi connectivity index (χ0n) is 18.9. The first-order valence-corrected chi connectivity index (χ1v) is 11.0. The van der Waals surface area contributed by atoms with Crippen molar-refractivity contribution >= 4 is 18.0 Å². The molecule has 0 saturated heterocycles. The molecule has 0 fully saturated rings. The van der Waals surface area contributed by atoms with Crippen molar-refractivity contribution < 1.29 is 29.0 Å². The van der Waals surface area contributed by atoms with Gasteiger partial charge in [-0.15, -0.1) is 0 Å². The van der Waals surface area contributed by atoms with Gasteiger partial charge in [0.1, 0.15) is 6.61 Å². The second kappa shape index (κ2) is 11.0. The summed E-state index contributed by atoms with van der Waals surface area (Å²) < 4.78 is 10.4. The summed E-state index contributed by atoms with van der Waals surface area (Å²) in [4.78, 5) is 36.0. The van der Waals surface area contributed by atoms with E-state index in [1.54, 1.807) is 6.92 Å². The number of methoxy groups -OCH3 is 1. The molecule has 2 amide bonds. The third-order valence-corrected chi connectivity index (χ3v) is 5.98. The smallest absolute Gasteiger partial charge is 0.407 e. The first-order valence-electron chi connectivity index (χ1n) is 11.0. The van der Waals surface area contributed by atoms with E-state index in [1.807, 2.05) is 24.3 Å². The molecule has 3 rings (SSSR count). The quantitative estimate of drug-likeness (QED) is 0.449. The highest BCUT2D eigenvalue weighted by molar-refractivity contribution is 5.87. The maximum absolute atomic E-state index is 12.2. The minimum atomic E-state index is -1.45. The molecule has 1 atom stereocenters. The van der Waals surface area contributed by atoms with Crippen LogP contribution in [0.2, 0.25) is 0 Å². The van der Waals surface area contributed by atoms with Crippen LogP contribution < -0.4 is 10.6 Å². The number of alkyl carbamates (subject to hydrolysis) is 1. The third kappa shape index (κ3) is 5.51. The normalized spacial score (nSPS) is 14.0. The van der Waals surface area contributed by atoms with Gasteiger partial charge in [-0.3, -0.25) is 4.79 Å². The summed E-state index contributed by atoms with van der Waals surface area (Å²) in [5.41, 5.74) is 3.14. The van der Waals surface area contributed by atoms with E-state index in [0.29, 0.717) is 6.42 Å². The van der Waals surface area contributed by atoms with Crippen molar-refractivity contribution in [3.63, 3.8) is 0 Å². The molecular formula is C25H30N2O6. The Hall–Kier alpha value is -3.39. The topological polar surface area (TPSA) is 114 Å². The fraction of sp³-hybridized carbons (Fsp3) is 0.400. The van der Waals surface area contributed by atoms with Gasteiger partial charge in [-0.25, -0.2) is 9.59 Å². The van der Waals surface area contributed by atoms with Crippen molar-refractivity contribution in [1.29, 1.82) is 0 Å². The molecule has 0 aromatic heterocycles. The summed E-state index contributed by atoms with van der Waals surface area (Å²) in [6.07, 6.45) is 0.0650. The maximum Gasteiger partial charge on any atom is 0.407 e. The Morgan fingerprint density at radius 1 is 1.03 bits per heavy atom. The molecular weight excluding hydrogens is 424 g/mol. The molecule has 0 heterocycles. The predicted octanol–water partition coefficient (Wildman–Crippen LogP) is 3.30. The van der Waals surface area contributed by atoms with Gasteiger partial charge in [0.15, 0.2) is 5.54 Å². The molecule has 1 unspecified atom stereocenters. The molecule has 176 valence electrons. The van der Waals surface area contributed by atoms with Crippen LogP contribution in [-0.2, 0) is 19.1 Å². The number of hydrogen-bond acceptors (Lipinski definition) is 5. The molecule has 2 aromatic rings. The highest BCUT2D eigenvalue weighted by Gasteiger charge is 2.38. The van der Waals surface area contributed by atoms with E-state index in [1.165, 1.54) is 7.11 Å². The summed E-state index contributed by atoms with van der Waals surface area (Å²) in [6.45, 7) is 2.00. The Morgan fingerprint density at radius 3 is 2.18 bits per heavy atom. The number of nitrogens with one attached hydrogen (secondary N) is 2. The Balaban J connectivity index is 1.45. The van der Waals surface area contributed by atoms with Crippen LogP contribution in [0.4, 0.5) is 4.79 Å². The summed E-state index contributed by atoms with van der Waals surface area (Å²) in [5.74, 6) is -1.57. The zero-order valence-corrected chi connectivity index (χ0v) is 18.9. The molecule has 8 heteroatoms. The van der Waals surface area contributed by atoms with Gasteiger partial charge in [-0.1, -0.05) is 55.5 Å². The van der Waals surface area contributed by atoms with Gasteiger partial charge in [-0.2, -0.15) is 0 Å². The molecule has 0 spiro atoms. The first kappa shape index (κ1) is 24.3. The predicted molar refractivity (Wildman–Crippen MR) is 123 cm³/mol. The van der Waals surface area contributed by atoms with Gasteiger partial charge in [0.25, 0.3) is 0 Å². The van der Waals surface area contributed by atoms with Crippen molar-refractivity contribution in [1.82, 2.24) is 10.6 Å². The number of fused-ring (bicyclic) bond motifs is 3. The van der Waals surface area contributed by atoms with E-state index in [-0.39, 0.29) is 38.5 Å². The van der Waals surface area contributed by atoms with E-state index in [9.17, 15) is 19.5 Å². The van der Waals surface area contributed by atoms with Crippen molar-refractivity contribution in [2.75, 3.05) is 26.9 Å². The number of carboxylic acids is 1. The summed E-state index contributed by atoms with van der Waals surface area (Å²) >= 11 is 0. The largest absolute Gasteiger partial charge is 0.479 e. The van der Waals surface area contributed by atoms with E-state index < -0.39 is 23.5 Å². The van der Waals surface area contributed by atoms with Crippen molar-refractivity contribution in [2.24, 2.45) is 0 Å². The number of carboxylic acid groups (broad SMARTS) is 1. The zero-order chi connectivity index (χ0) is 23.8. The molecule has 1 aliphatic carbocycles. The van der Waals surface area contributed by atoms with Crippen LogP contribution in [0.1, 0.15) is 43.2 Å². The monoisotopic (exact) mass is 454 g/mol. The molecule has 0 radical (unpaired) electrons. The highest BCUT2D eigenvalue weighted by atomic mass is 16.5. The van der Waals surface area contributed by atoms with Gasteiger partial charge in [0, 0.05) is 26.0 Å². The molecule has 1 aliphatic rings. The number of rotatable bonds is 11. The minimum absolute atomic E-state index is 0.0205. The van der Waals surface area contributed by atoms with Gasteiger partial charge >= 0.3 is 12.1 Å². The van der Waals surface area contributed by atoms with Crippen molar-refractivity contribution in [3.8, 4) is 11.1 Å². The molecule has 33 heavy (non-hydrogen) atoms. The number of benzene rings is 2. The second-order valence-corrected chi connectivity index (χ2v) is 8.08. The minimum Gasteiger partial charge on any atom is -0.479 e. The lowest BCUT2D eigenvalue weighted by Gasteiger charge is -2.28. The Bertz CT molecular complexity index is 962. The van der Waals surface area contributed by atoms with E-state index >= 15 is 0 Å². The molecule has 8 nitrogen and oxygen atoms in total. The van der Waals surface area contributed by atoms with Crippen LogP contribution in [-0.4, -0.2) is 55.5 Å². The average Bonchev–Trinajstić information content (AvgIpc) is 3.13. The molecule has 0 aliphatic heterocycles. The van der Waals surface area contributed by atoms with Crippen LogP contribution in [0.15, 0.2) is 48.5 Å². The fourth-order valence-corrected chi connectivity index (χ4v) is 4.16. The van der Waals surface area contributed by atoms with Crippen LogP contribution in [0.3, 0.4) is 0 Å². The lowest BCUT2D eigenvalue weighted by Crippen LogP contribution is -2.57. The lowest BCUT2D eigenvalue weighted by atomic mass is 9.97. The number of carbonyl (C=O) groups excluding carboxylic acids is 2. The van der Waals surface area contributed by atoms with Crippen molar-refractivity contribution in [3.05, 3.63) is 59.7 Å². The summed E-state index contributed by atoms with van der Waals surface area (Å²) in [5, 5.41) is 14.6. The maximum atomic E-state index is 12.2. The Labute approximate surface area is 193 Å². The second-order valence-electron chi connectivity index (χ2n) is 8.08. The van der Waals surface area contributed by atoms with E-state index in [4.69, 9.17) is 9.47 Å². The fourth-order valence-electron chi connectivity index (χ4n) is 4.16. The molecule has 0 saturated carbocycles. The lowest BCUT2D eigenvalue weighted by molar-refractivity contribution is -0.150. The van der Waals surface area contributed by atoms with Crippen molar-refractivity contribution in [2.45, 2.75) is 37.6 Å². The van der Waals surface area contributed by atoms with Crippen LogP contribution in [0.5, 0.6) is 0 Å². The standard InChI is InChI=1S/C25H30N2O6/c1-3-25(16-32-2,23(29)30)27-22(28)13-8-14-26-24(31)33-15-21-19-11-6-4-9-17(19)18-10-5-7-12-20(18)21/h4-7,9-12,21H,3,8,13-16H2,1-2H3,(H,26,31)(H,27,28)(H,29,30). The number of hydrogen-bond donors (Lipinski definition) is 3. The molecule has 2 aromatic carbocycles. The van der Waals surface area contributed by atoms with Gasteiger partial charge in [-0.05, 0) is 35.1 Å². The van der Waals surface area contributed by atoms with Gasteiger partial charge in [0.2, 0.25) is 5.91 Å². The molecule has 0 bridgehead atoms. The SMILES string of the molecule is CCC(COC)(NC(=O)CCCNC(=O)OCC1c2ccccc2-c2ccccc21)C(=O)O.